The summed E-state index contributed by atoms with van der Waals surface area (Å²) in [6, 6.07) is 5.98. The number of hydrogen-bond acceptors (Lipinski definition) is 5. The van der Waals surface area contributed by atoms with E-state index in [1.54, 1.807) is 7.11 Å². The van der Waals surface area contributed by atoms with Gasteiger partial charge in [0.05, 0.1) is 18.6 Å². The summed E-state index contributed by atoms with van der Waals surface area (Å²) in [5.74, 6) is 2.41. The molecule has 2 heterocycles. The Balaban J connectivity index is 1.89. The molecule has 1 aromatic heterocycles. The molecule has 0 amide bonds. The summed E-state index contributed by atoms with van der Waals surface area (Å²) >= 11 is 0. The Morgan fingerprint density at radius 1 is 1.40 bits per heavy atom. The maximum absolute atomic E-state index is 5.43. The molecule has 3 rings (SSSR count). The van der Waals surface area contributed by atoms with Gasteiger partial charge in [0.2, 0.25) is 11.7 Å². The topological polar surface area (TPSA) is 60.2 Å². The number of hydrogen-bond donors (Lipinski definition) is 1. The average Bonchev–Trinajstić information content (AvgIpc) is 2.97. The van der Waals surface area contributed by atoms with Crippen LogP contribution in [0.25, 0.3) is 11.4 Å². The number of nitrogens with one attached hydrogen (secondary N) is 1. The van der Waals surface area contributed by atoms with Crippen LogP contribution >= 0.6 is 0 Å². The van der Waals surface area contributed by atoms with E-state index in [1.165, 1.54) is 0 Å². The SMILES string of the molecule is COc1cc(C)ccc1-c1noc([C@@H]2CCCNC2)n1. The van der Waals surface area contributed by atoms with Crippen LogP contribution in [0.2, 0.25) is 0 Å². The maximum Gasteiger partial charge on any atom is 0.231 e. The molecule has 1 aliphatic rings. The van der Waals surface area contributed by atoms with Crippen molar-refractivity contribution in [3.63, 3.8) is 0 Å². The second-order valence-electron chi connectivity index (χ2n) is 5.20. The van der Waals surface area contributed by atoms with Crippen molar-refractivity contribution in [2.45, 2.75) is 25.7 Å². The lowest BCUT2D eigenvalue weighted by atomic mass is 10.00. The molecular formula is C15H19N3O2. The minimum absolute atomic E-state index is 0.321. The van der Waals surface area contributed by atoms with Gasteiger partial charge < -0.3 is 14.6 Å². The average molecular weight is 273 g/mol. The van der Waals surface area contributed by atoms with Crippen LogP contribution in [-0.2, 0) is 0 Å². The molecule has 1 aliphatic heterocycles. The Morgan fingerprint density at radius 2 is 2.30 bits per heavy atom. The van der Waals surface area contributed by atoms with Crippen LogP contribution in [0.15, 0.2) is 22.7 Å². The third-order valence-corrected chi connectivity index (χ3v) is 3.69. The number of benzene rings is 1. The van der Waals surface area contributed by atoms with Crippen LogP contribution in [0.5, 0.6) is 5.75 Å². The highest BCUT2D eigenvalue weighted by molar-refractivity contribution is 5.64. The van der Waals surface area contributed by atoms with Gasteiger partial charge in [0.1, 0.15) is 5.75 Å². The first-order valence-electron chi connectivity index (χ1n) is 6.97. The molecular weight excluding hydrogens is 254 g/mol. The molecule has 5 nitrogen and oxygen atoms in total. The van der Waals surface area contributed by atoms with E-state index in [1.807, 2.05) is 25.1 Å². The number of aryl methyl sites for hydroxylation is 1. The highest BCUT2D eigenvalue weighted by Crippen LogP contribution is 2.30. The zero-order valence-electron chi connectivity index (χ0n) is 11.8. The molecule has 0 unspecified atom stereocenters. The number of piperidine rings is 1. The minimum atomic E-state index is 0.321. The van der Waals surface area contributed by atoms with Crippen LogP contribution in [0.3, 0.4) is 0 Å². The third kappa shape index (κ3) is 2.54. The summed E-state index contributed by atoms with van der Waals surface area (Å²) in [6.45, 7) is 4.01. The first kappa shape index (κ1) is 13.1. The van der Waals surface area contributed by atoms with Gasteiger partial charge in [0.25, 0.3) is 0 Å². The summed E-state index contributed by atoms with van der Waals surface area (Å²) < 4.78 is 10.8. The van der Waals surface area contributed by atoms with Gasteiger partial charge in [-0.2, -0.15) is 4.98 Å². The zero-order valence-corrected chi connectivity index (χ0v) is 11.8. The first-order chi connectivity index (χ1) is 9.78. The monoisotopic (exact) mass is 273 g/mol. The Labute approximate surface area is 118 Å². The van der Waals surface area contributed by atoms with Gasteiger partial charge in [0, 0.05) is 6.54 Å². The molecule has 106 valence electrons. The molecule has 0 aliphatic carbocycles. The van der Waals surface area contributed by atoms with Gasteiger partial charge in [-0.1, -0.05) is 11.2 Å². The predicted molar refractivity (Wildman–Crippen MR) is 75.9 cm³/mol. The highest BCUT2D eigenvalue weighted by atomic mass is 16.5. The maximum atomic E-state index is 5.43. The Kier molecular flexibility index (Phi) is 3.69. The molecule has 0 bridgehead atoms. The Bertz CT molecular complexity index is 589. The molecule has 0 radical (unpaired) electrons. The number of rotatable bonds is 3. The van der Waals surface area contributed by atoms with Crippen LogP contribution in [-0.4, -0.2) is 30.3 Å². The molecule has 5 heteroatoms. The van der Waals surface area contributed by atoms with E-state index in [0.717, 1.165) is 48.7 Å². The standard InChI is InChI=1S/C15H19N3O2/c1-10-5-6-12(13(8-10)19-2)14-17-15(20-18-14)11-4-3-7-16-9-11/h5-6,8,11,16H,3-4,7,9H2,1-2H3/t11-/m1/s1. The quantitative estimate of drug-likeness (QED) is 0.931. The van der Waals surface area contributed by atoms with Crippen molar-refractivity contribution in [3.8, 4) is 17.1 Å². The van der Waals surface area contributed by atoms with E-state index < -0.39 is 0 Å². The van der Waals surface area contributed by atoms with Crippen LogP contribution < -0.4 is 10.1 Å². The van der Waals surface area contributed by atoms with E-state index in [0.29, 0.717) is 11.7 Å². The Morgan fingerprint density at radius 3 is 3.05 bits per heavy atom. The van der Waals surface area contributed by atoms with E-state index in [-0.39, 0.29) is 0 Å². The summed E-state index contributed by atoms with van der Waals surface area (Å²) in [7, 11) is 1.66. The summed E-state index contributed by atoms with van der Waals surface area (Å²) in [5.41, 5.74) is 2.02. The van der Waals surface area contributed by atoms with Gasteiger partial charge in [-0.15, -0.1) is 0 Å². The molecule has 1 fully saturated rings. The third-order valence-electron chi connectivity index (χ3n) is 3.69. The lowest BCUT2D eigenvalue weighted by Gasteiger charge is -2.18. The second kappa shape index (κ2) is 5.63. The molecule has 1 N–H and O–H groups in total. The Hall–Kier alpha value is -1.88. The molecule has 0 saturated carbocycles. The van der Waals surface area contributed by atoms with Gasteiger partial charge >= 0.3 is 0 Å². The van der Waals surface area contributed by atoms with Crippen molar-refractivity contribution < 1.29 is 9.26 Å². The molecule has 1 aromatic carbocycles. The van der Waals surface area contributed by atoms with Crippen molar-refractivity contribution in [1.82, 2.24) is 15.5 Å². The van der Waals surface area contributed by atoms with Gasteiger partial charge in [-0.25, -0.2) is 0 Å². The van der Waals surface area contributed by atoms with Gasteiger partial charge in [-0.05, 0) is 44.0 Å². The van der Waals surface area contributed by atoms with E-state index in [2.05, 4.69) is 15.5 Å². The van der Waals surface area contributed by atoms with Crippen molar-refractivity contribution >= 4 is 0 Å². The number of methoxy groups -OCH3 is 1. The van der Waals surface area contributed by atoms with Crippen LogP contribution in [0.1, 0.15) is 30.2 Å². The molecule has 1 atom stereocenters. The molecule has 20 heavy (non-hydrogen) atoms. The van der Waals surface area contributed by atoms with Gasteiger partial charge in [-0.3, -0.25) is 0 Å². The number of nitrogens with zero attached hydrogens (tertiary/aromatic N) is 2. The fraction of sp³-hybridized carbons (Fsp3) is 0.467. The number of ether oxygens (including phenoxy) is 1. The smallest absolute Gasteiger partial charge is 0.231 e. The second-order valence-corrected chi connectivity index (χ2v) is 5.20. The molecule has 2 aromatic rings. The van der Waals surface area contributed by atoms with Crippen molar-refractivity contribution in [3.05, 3.63) is 29.7 Å². The summed E-state index contributed by atoms with van der Waals surface area (Å²) in [6.07, 6.45) is 2.25. The van der Waals surface area contributed by atoms with E-state index in [9.17, 15) is 0 Å². The minimum Gasteiger partial charge on any atom is -0.496 e. The predicted octanol–water partition coefficient (Wildman–Crippen LogP) is 2.52. The zero-order chi connectivity index (χ0) is 13.9. The fourth-order valence-electron chi connectivity index (χ4n) is 2.56. The summed E-state index contributed by atoms with van der Waals surface area (Å²) in [5, 5.41) is 7.47. The van der Waals surface area contributed by atoms with Gasteiger partial charge in [0.15, 0.2) is 0 Å². The van der Waals surface area contributed by atoms with Crippen LogP contribution in [0, 0.1) is 6.92 Å². The van der Waals surface area contributed by atoms with Crippen molar-refractivity contribution in [2.75, 3.05) is 20.2 Å². The molecule has 1 saturated heterocycles. The lowest BCUT2D eigenvalue weighted by Crippen LogP contribution is -2.28. The van der Waals surface area contributed by atoms with Crippen LogP contribution in [0.4, 0.5) is 0 Å². The summed E-state index contributed by atoms with van der Waals surface area (Å²) in [4.78, 5) is 4.54. The van der Waals surface area contributed by atoms with Crippen molar-refractivity contribution in [2.24, 2.45) is 0 Å². The van der Waals surface area contributed by atoms with E-state index >= 15 is 0 Å². The first-order valence-corrected chi connectivity index (χ1v) is 6.97. The van der Waals surface area contributed by atoms with Crippen molar-refractivity contribution in [1.29, 1.82) is 0 Å². The lowest BCUT2D eigenvalue weighted by molar-refractivity contribution is 0.322. The normalized spacial score (nSPS) is 19.0. The largest absolute Gasteiger partial charge is 0.496 e. The van der Waals surface area contributed by atoms with E-state index in [4.69, 9.17) is 9.26 Å². The fourth-order valence-corrected chi connectivity index (χ4v) is 2.56. The number of aromatic nitrogens is 2. The highest BCUT2D eigenvalue weighted by Gasteiger charge is 2.22. The molecule has 0 spiro atoms.